The zero-order valence-corrected chi connectivity index (χ0v) is 11.7. The lowest BCUT2D eigenvalue weighted by atomic mass is 10.2. The van der Waals surface area contributed by atoms with E-state index in [1.54, 1.807) is 0 Å². The summed E-state index contributed by atoms with van der Waals surface area (Å²) in [7, 11) is 0. The van der Waals surface area contributed by atoms with Crippen LogP contribution in [0.25, 0.3) is 0 Å². The van der Waals surface area contributed by atoms with Gasteiger partial charge in [0.05, 0.1) is 6.61 Å². The summed E-state index contributed by atoms with van der Waals surface area (Å²) in [5.74, 6) is -1.09. The Morgan fingerprint density at radius 2 is 1.84 bits per heavy atom. The molecule has 19 heavy (non-hydrogen) atoms. The fourth-order valence-corrected chi connectivity index (χ4v) is 1.75. The molecule has 0 radical (unpaired) electrons. The molecule has 1 aromatic rings. The molecular formula is C15H23F2NO. The molecule has 2 nitrogen and oxygen atoms in total. The van der Waals surface area contributed by atoms with E-state index in [0.717, 1.165) is 38.3 Å². The molecule has 0 aliphatic rings. The highest BCUT2D eigenvalue weighted by Crippen LogP contribution is 2.17. The number of unbranched alkanes of at least 4 members (excludes halogenated alkanes) is 3. The minimum absolute atomic E-state index is 0.128. The molecule has 4 heteroatoms. The quantitative estimate of drug-likeness (QED) is 0.688. The van der Waals surface area contributed by atoms with Gasteiger partial charge in [-0.15, -0.1) is 0 Å². The van der Waals surface area contributed by atoms with E-state index in [9.17, 15) is 8.78 Å². The fraction of sp³-hybridized carbons (Fsp3) is 0.600. The highest BCUT2D eigenvalue weighted by atomic mass is 19.1. The highest BCUT2D eigenvalue weighted by Gasteiger charge is 2.04. The van der Waals surface area contributed by atoms with Crippen molar-refractivity contribution in [3.63, 3.8) is 0 Å². The van der Waals surface area contributed by atoms with Crippen LogP contribution in [0.1, 0.15) is 39.5 Å². The van der Waals surface area contributed by atoms with E-state index in [1.165, 1.54) is 12.1 Å². The molecule has 0 saturated carbocycles. The molecule has 0 atom stereocenters. The Morgan fingerprint density at radius 3 is 2.53 bits per heavy atom. The van der Waals surface area contributed by atoms with E-state index in [2.05, 4.69) is 19.2 Å². The third kappa shape index (κ3) is 7.11. The summed E-state index contributed by atoms with van der Waals surface area (Å²) in [6, 6.07) is 3.91. The summed E-state index contributed by atoms with van der Waals surface area (Å²) < 4.78 is 31.2. The van der Waals surface area contributed by atoms with Gasteiger partial charge in [-0.2, -0.15) is 0 Å². The first-order valence-electron chi connectivity index (χ1n) is 6.91. The Kier molecular flexibility index (Phi) is 7.41. The van der Waals surface area contributed by atoms with Gasteiger partial charge in [-0.3, -0.25) is 0 Å². The molecule has 0 saturated heterocycles. The van der Waals surface area contributed by atoms with Crippen molar-refractivity contribution in [2.45, 2.75) is 45.6 Å². The molecule has 0 unspecified atom stereocenters. The molecule has 0 amide bonds. The van der Waals surface area contributed by atoms with E-state index in [-0.39, 0.29) is 5.75 Å². The second-order valence-corrected chi connectivity index (χ2v) is 4.95. The number of benzene rings is 1. The van der Waals surface area contributed by atoms with Gasteiger partial charge in [0.25, 0.3) is 0 Å². The summed E-state index contributed by atoms with van der Waals surface area (Å²) in [5.41, 5.74) is 0. The van der Waals surface area contributed by atoms with Gasteiger partial charge in [0.2, 0.25) is 0 Å². The van der Waals surface area contributed by atoms with Gasteiger partial charge in [-0.05, 0) is 31.5 Å². The van der Waals surface area contributed by atoms with Crippen LogP contribution in [0.5, 0.6) is 5.75 Å². The predicted octanol–water partition coefficient (Wildman–Crippen LogP) is 3.90. The number of ether oxygens (including phenoxy) is 1. The van der Waals surface area contributed by atoms with E-state index in [4.69, 9.17) is 4.74 Å². The Labute approximate surface area is 114 Å². The third-order valence-corrected chi connectivity index (χ3v) is 2.78. The van der Waals surface area contributed by atoms with Crippen LogP contribution in [0.3, 0.4) is 0 Å². The van der Waals surface area contributed by atoms with Crippen molar-refractivity contribution in [3.05, 3.63) is 29.8 Å². The van der Waals surface area contributed by atoms with Crippen LogP contribution in [-0.4, -0.2) is 19.2 Å². The van der Waals surface area contributed by atoms with Crippen LogP contribution in [-0.2, 0) is 0 Å². The van der Waals surface area contributed by atoms with Crippen molar-refractivity contribution < 1.29 is 13.5 Å². The molecule has 0 spiro atoms. The normalized spacial score (nSPS) is 11.0. The van der Waals surface area contributed by atoms with Crippen LogP contribution < -0.4 is 10.1 Å². The van der Waals surface area contributed by atoms with Crippen molar-refractivity contribution in [2.24, 2.45) is 0 Å². The van der Waals surface area contributed by atoms with E-state index >= 15 is 0 Å². The lowest BCUT2D eigenvalue weighted by molar-refractivity contribution is 0.289. The van der Waals surface area contributed by atoms with Gasteiger partial charge < -0.3 is 10.1 Å². The molecule has 1 N–H and O–H groups in total. The van der Waals surface area contributed by atoms with Gasteiger partial charge in [-0.25, -0.2) is 8.78 Å². The molecule has 0 aliphatic heterocycles. The average Bonchev–Trinajstić information content (AvgIpc) is 2.34. The summed E-state index contributed by atoms with van der Waals surface area (Å²) in [6.07, 6.45) is 4.22. The molecule has 1 rings (SSSR count). The molecule has 0 aliphatic carbocycles. The van der Waals surface area contributed by atoms with E-state index < -0.39 is 11.6 Å². The van der Waals surface area contributed by atoms with Crippen LogP contribution in [0.2, 0.25) is 0 Å². The maximum absolute atomic E-state index is 13.2. The summed E-state index contributed by atoms with van der Waals surface area (Å²) in [5, 5.41) is 3.36. The van der Waals surface area contributed by atoms with Gasteiger partial charge in [0.15, 0.2) is 11.6 Å². The van der Waals surface area contributed by atoms with Crippen molar-refractivity contribution in [2.75, 3.05) is 13.2 Å². The maximum Gasteiger partial charge on any atom is 0.167 e. The fourth-order valence-electron chi connectivity index (χ4n) is 1.75. The maximum atomic E-state index is 13.2. The smallest absolute Gasteiger partial charge is 0.167 e. The van der Waals surface area contributed by atoms with Crippen molar-refractivity contribution >= 4 is 0 Å². The molecule has 1 aromatic carbocycles. The van der Waals surface area contributed by atoms with Crippen LogP contribution >= 0.6 is 0 Å². The molecule has 0 bridgehead atoms. The molecule has 0 heterocycles. The minimum atomic E-state index is -0.638. The largest absolute Gasteiger partial charge is 0.491 e. The molecular weight excluding hydrogens is 248 g/mol. The van der Waals surface area contributed by atoms with Crippen LogP contribution in [0, 0.1) is 11.6 Å². The minimum Gasteiger partial charge on any atom is -0.491 e. The van der Waals surface area contributed by atoms with Gasteiger partial charge in [0.1, 0.15) is 5.82 Å². The van der Waals surface area contributed by atoms with Gasteiger partial charge in [-0.1, -0.05) is 26.7 Å². The van der Waals surface area contributed by atoms with E-state index in [0.29, 0.717) is 12.6 Å². The van der Waals surface area contributed by atoms with Crippen LogP contribution in [0.15, 0.2) is 18.2 Å². The average molecular weight is 271 g/mol. The lowest BCUT2D eigenvalue weighted by Gasteiger charge is -2.08. The Morgan fingerprint density at radius 1 is 1.11 bits per heavy atom. The number of hydrogen-bond donors (Lipinski definition) is 1. The SMILES string of the molecule is CC(C)NCCCCCCOc1ccc(F)cc1F. The van der Waals surface area contributed by atoms with Crippen molar-refractivity contribution in [1.29, 1.82) is 0 Å². The van der Waals surface area contributed by atoms with E-state index in [1.807, 2.05) is 0 Å². The molecule has 0 aromatic heterocycles. The zero-order chi connectivity index (χ0) is 14.1. The molecule has 108 valence electrons. The summed E-state index contributed by atoms with van der Waals surface area (Å²) in [6.45, 7) is 5.77. The second kappa shape index (κ2) is 8.86. The standard InChI is InChI=1S/C15H23F2NO/c1-12(2)18-9-5-3-4-6-10-19-15-8-7-13(16)11-14(15)17/h7-8,11-12,18H,3-6,9-10H2,1-2H3. The Hall–Kier alpha value is -1.16. The first-order chi connectivity index (χ1) is 9.09. The number of halogens is 2. The highest BCUT2D eigenvalue weighted by molar-refractivity contribution is 5.24. The first kappa shape index (κ1) is 15.9. The van der Waals surface area contributed by atoms with Crippen molar-refractivity contribution in [1.82, 2.24) is 5.32 Å². The van der Waals surface area contributed by atoms with Gasteiger partial charge in [0, 0.05) is 12.1 Å². The summed E-state index contributed by atoms with van der Waals surface area (Å²) >= 11 is 0. The third-order valence-electron chi connectivity index (χ3n) is 2.78. The summed E-state index contributed by atoms with van der Waals surface area (Å²) in [4.78, 5) is 0. The predicted molar refractivity (Wildman–Crippen MR) is 73.5 cm³/mol. The zero-order valence-electron chi connectivity index (χ0n) is 11.7. The number of nitrogens with one attached hydrogen (secondary N) is 1. The first-order valence-corrected chi connectivity index (χ1v) is 6.91. The Bertz CT molecular complexity index is 369. The Balaban J connectivity index is 2.04. The monoisotopic (exact) mass is 271 g/mol. The van der Waals surface area contributed by atoms with Crippen LogP contribution in [0.4, 0.5) is 8.78 Å². The molecule has 0 fully saturated rings. The number of hydrogen-bond acceptors (Lipinski definition) is 2. The topological polar surface area (TPSA) is 21.3 Å². The lowest BCUT2D eigenvalue weighted by Crippen LogP contribution is -2.23. The van der Waals surface area contributed by atoms with Crippen molar-refractivity contribution in [3.8, 4) is 5.75 Å². The number of rotatable bonds is 9. The van der Waals surface area contributed by atoms with Gasteiger partial charge >= 0.3 is 0 Å². The second-order valence-electron chi connectivity index (χ2n) is 4.95.